The summed E-state index contributed by atoms with van der Waals surface area (Å²) in [6.45, 7) is 3.69. The number of hydrogen-bond donors (Lipinski definition) is 0. The van der Waals surface area contributed by atoms with Crippen molar-refractivity contribution in [1.82, 2.24) is 0 Å². The topological polar surface area (TPSA) is 0 Å². The first kappa shape index (κ1) is 10.6. The second kappa shape index (κ2) is 4.27. The van der Waals surface area contributed by atoms with Crippen LogP contribution >= 0.6 is 0 Å². The van der Waals surface area contributed by atoms with E-state index < -0.39 is 6.08 Å². The Morgan fingerprint density at radius 1 is 1.00 bits per heavy atom. The first-order valence-corrected chi connectivity index (χ1v) is 4.89. The van der Waals surface area contributed by atoms with Gasteiger partial charge in [-0.15, -0.1) is 0 Å². The van der Waals surface area contributed by atoms with E-state index in [-0.39, 0.29) is 0 Å². The maximum Gasteiger partial charge on any atom is 0.270 e. The lowest BCUT2D eigenvalue weighted by molar-refractivity contribution is 0.429. The van der Waals surface area contributed by atoms with Crippen molar-refractivity contribution in [1.29, 1.82) is 0 Å². The summed E-state index contributed by atoms with van der Waals surface area (Å²) in [5.74, 6) is 0. The molecule has 0 heterocycles. The molecule has 0 radical (unpaired) electrons. The Morgan fingerprint density at radius 3 is 2.19 bits per heavy atom. The van der Waals surface area contributed by atoms with Crippen molar-refractivity contribution in [3.8, 4) is 0 Å². The van der Waals surface area contributed by atoms with Gasteiger partial charge in [-0.05, 0) is 21.9 Å². The van der Waals surface area contributed by atoms with Gasteiger partial charge in [0.05, 0.1) is 0 Å². The van der Waals surface area contributed by atoms with E-state index in [1.54, 1.807) is 18.2 Å². The van der Waals surface area contributed by atoms with Gasteiger partial charge in [0.2, 0.25) is 0 Å². The molecule has 0 unspecified atom stereocenters. The summed E-state index contributed by atoms with van der Waals surface area (Å²) in [7, 11) is 0. The Labute approximate surface area is 92.5 Å². The fourth-order valence-corrected chi connectivity index (χ4v) is 1.81. The van der Waals surface area contributed by atoms with Crippen LogP contribution in [0.3, 0.4) is 0 Å². The fraction of sp³-hybridized carbons (Fsp3) is 0. The number of fused-ring (bicyclic) bond motifs is 1. The van der Waals surface area contributed by atoms with Gasteiger partial charge in [-0.25, -0.2) is 0 Å². The number of halogens is 2. The lowest BCUT2D eigenvalue weighted by atomic mass is 9.99. The Hall–Kier alpha value is -1.96. The van der Waals surface area contributed by atoms with E-state index in [1.165, 1.54) is 0 Å². The Kier molecular flexibility index (Phi) is 2.82. The SMILES string of the molecule is C=Cc1cccc2cccc(C=C(F)F)c12. The summed E-state index contributed by atoms with van der Waals surface area (Å²) in [5, 5.41) is 1.75. The van der Waals surface area contributed by atoms with Crippen LogP contribution in [0.25, 0.3) is 22.9 Å². The highest BCUT2D eigenvalue weighted by Crippen LogP contribution is 2.26. The van der Waals surface area contributed by atoms with Crippen molar-refractivity contribution in [2.75, 3.05) is 0 Å². The third-order valence-corrected chi connectivity index (χ3v) is 2.45. The molecule has 80 valence electrons. The van der Waals surface area contributed by atoms with Crippen molar-refractivity contribution in [2.45, 2.75) is 0 Å². The Balaban J connectivity index is 2.84. The zero-order chi connectivity index (χ0) is 11.5. The molecule has 0 N–H and O–H groups in total. The van der Waals surface area contributed by atoms with E-state index in [4.69, 9.17) is 0 Å². The van der Waals surface area contributed by atoms with Gasteiger partial charge >= 0.3 is 0 Å². The molecular weight excluding hydrogens is 206 g/mol. The largest absolute Gasteiger partial charge is 0.270 e. The van der Waals surface area contributed by atoms with Gasteiger partial charge in [0.15, 0.2) is 0 Å². The molecule has 0 saturated carbocycles. The van der Waals surface area contributed by atoms with Crippen LogP contribution in [0.15, 0.2) is 49.1 Å². The molecule has 0 atom stereocenters. The summed E-state index contributed by atoms with van der Waals surface area (Å²) in [6, 6.07) is 11.0. The predicted molar refractivity (Wildman–Crippen MR) is 64.2 cm³/mol. The average Bonchev–Trinajstić information content (AvgIpc) is 2.28. The van der Waals surface area contributed by atoms with Gasteiger partial charge in [0.1, 0.15) is 0 Å². The summed E-state index contributed by atoms with van der Waals surface area (Å²) >= 11 is 0. The third-order valence-electron chi connectivity index (χ3n) is 2.45. The molecule has 0 spiro atoms. The lowest BCUT2D eigenvalue weighted by Crippen LogP contribution is -1.82. The molecule has 2 rings (SSSR count). The van der Waals surface area contributed by atoms with Crippen LogP contribution in [-0.2, 0) is 0 Å². The molecule has 0 bridgehead atoms. The minimum Gasteiger partial charge on any atom is -0.173 e. The molecule has 0 amide bonds. The first-order valence-electron chi connectivity index (χ1n) is 4.89. The van der Waals surface area contributed by atoms with Gasteiger partial charge in [-0.3, -0.25) is 0 Å². The monoisotopic (exact) mass is 216 g/mol. The van der Waals surface area contributed by atoms with Crippen molar-refractivity contribution in [3.63, 3.8) is 0 Å². The smallest absolute Gasteiger partial charge is 0.173 e. The van der Waals surface area contributed by atoms with E-state index in [9.17, 15) is 8.78 Å². The molecule has 16 heavy (non-hydrogen) atoms. The number of benzene rings is 2. The van der Waals surface area contributed by atoms with Crippen LogP contribution in [0.1, 0.15) is 11.1 Å². The average molecular weight is 216 g/mol. The molecular formula is C14H10F2. The Bertz CT molecular complexity index is 559. The minimum atomic E-state index is -1.69. The minimum absolute atomic E-state index is 0.521. The highest BCUT2D eigenvalue weighted by Gasteiger charge is 2.03. The molecule has 0 saturated heterocycles. The van der Waals surface area contributed by atoms with Crippen molar-refractivity contribution < 1.29 is 8.78 Å². The summed E-state index contributed by atoms with van der Waals surface area (Å²) < 4.78 is 24.6. The Morgan fingerprint density at radius 2 is 1.62 bits per heavy atom. The van der Waals surface area contributed by atoms with Crippen molar-refractivity contribution in [2.24, 2.45) is 0 Å². The molecule has 0 nitrogen and oxygen atoms in total. The second-order valence-electron chi connectivity index (χ2n) is 3.43. The van der Waals surface area contributed by atoms with Crippen molar-refractivity contribution >= 4 is 22.9 Å². The van der Waals surface area contributed by atoms with E-state index in [0.717, 1.165) is 22.4 Å². The van der Waals surface area contributed by atoms with Crippen LogP contribution in [-0.4, -0.2) is 0 Å². The van der Waals surface area contributed by atoms with Crippen molar-refractivity contribution in [3.05, 3.63) is 60.2 Å². The summed E-state index contributed by atoms with van der Waals surface area (Å²) in [4.78, 5) is 0. The van der Waals surface area contributed by atoms with Gasteiger partial charge < -0.3 is 0 Å². The number of hydrogen-bond acceptors (Lipinski definition) is 0. The van der Waals surface area contributed by atoms with E-state index >= 15 is 0 Å². The predicted octanol–water partition coefficient (Wildman–Crippen LogP) is 4.72. The van der Waals surface area contributed by atoms with E-state index in [0.29, 0.717) is 5.56 Å². The normalized spacial score (nSPS) is 10.1. The van der Waals surface area contributed by atoms with Crippen LogP contribution in [0, 0.1) is 0 Å². The van der Waals surface area contributed by atoms with Crippen LogP contribution in [0.4, 0.5) is 8.78 Å². The maximum atomic E-state index is 12.3. The maximum absolute atomic E-state index is 12.3. The molecule has 0 aliphatic rings. The highest BCUT2D eigenvalue weighted by molar-refractivity contribution is 5.96. The molecule has 0 fully saturated rings. The van der Waals surface area contributed by atoms with E-state index in [2.05, 4.69) is 6.58 Å². The second-order valence-corrected chi connectivity index (χ2v) is 3.43. The van der Waals surface area contributed by atoms with Crippen LogP contribution in [0.2, 0.25) is 0 Å². The zero-order valence-electron chi connectivity index (χ0n) is 8.58. The quantitative estimate of drug-likeness (QED) is 0.681. The zero-order valence-corrected chi connectivity index (χ0v) is 8.58. The summed E-state index contributed by atoms with van der Waals surface area (Å²) in [5.41, 5.74) is 1.39. The lowest BCUT2D eigenvalue weighted by Gasteiger charge is -2.05. The van der Waals surface area contributed by atoms with Crippen LogP contribution in [0.5, 0.6) is 0 Å². The summed E-state index contributed by atoms with van der Waals surface area (Å²) in [6.07, 6.45) is 0.872. The van der Waals surface area contributed by atoms with E-state index in [1.807, 2.05) is 24.3 Å². The molecule has 0 aliphatic carbocycles. The first-order chi connectivity index (χ1) is 7.72. The molecule has 2 aromatic carbocycles. The van der Waals surface area contributed by atoms with Gasteiger partial charge in [0, 0.05) is 6.08 Å². The fourth-order valence-electron chi connectivity index (χ4n) is 1.81. The molecule has 2 heteroatoms. The number of rotatable bonds is 2. The third kappa shape index (κ3) is 1.87. The molecule has 0 aromatic heterocycles. The van der Waals surface area contributed by atoms with Gasteiger partial charge in [-0.2, -0.15) is 8.78 Å². The molecule has 2 aromatic rings. The van der Waals surface area contributed by atoms with Gasteiger partial charge in [-0.1, -0.05) is 49.1 Å². The van der Waals surface area contributed by atoms with Gasteiger partial charge in [0.25, 0.3) is 6.08 Å². The molecule has 0 aliphatic heterocycles. The standard InChI is InChI=1S/C14H10F2/c1-2-10-5-3-6-11-7-4-8-12(14(10)11)9-13(15)16/h2-9H,1H2. The highest BCUT2D eigenvalue weighted by atomic mass is 19.3. The van der Waals surface area contributed by atoms with Crippen LogP contribution < -0.4 is 0 Å².